The minimum atomic E-state index is -3.38. The second-order valence-electron chi connectivity index (χ2n) is 4.57. The standard InChI is InChI=1S/C12H15ClN2O3S/c1-19(17,18)14-11-5-4-9(8-10(11)13)12(16)15-6-2-3-7-15/h4-5,8,14H,2-3,6-7H2,1H3. The van der Waals surface area contributed by atoms with Crippen molar-refractivity contribution in [3.05, 3.63) is 28.8 Å². The number of anilines is 1. The van der Waals surface area contributed by atoms with E-state index < -0.39 is 10.0 Å². The Morgan fingerprint density at radius 3 is 2.47 bits per heavy atom. The van der Waals surface area contributed by atoms with Gasteiger partial charge >= 0.3 is 0 Å². The topological polar surface area (TPSA) is 66.5 Å². The molecule has 0 aliphatic carbocycles. The summed E-state index contributed by atoms with van der Waals surface area (Å²) in [6.07, 6.45) is 3.09. The van der Waals surface area contributed by atoms with Gasteiger partial charge in [0.15, 0.2) is 0 Å². The van der Waals surface area contributed by atoms with Crippen molar-refractivity contribution in [3.63, 3.8) is 0 Å². The molecule has 0 unspecified atom stereocenters. The Balaban J connectivity index is 2.21. The molecule has 0 saturated carbocycles. The van der Waals surface area contributed by atoms with Gasteiger partial charge in [0.1, 0.15) is 0 Å². The molecule has 1 aromatic rings. The summed E-state index contributed by atoms with van der Waals surface area (Å²) in [7, 11) is -3.38. The summed E-state index contributed by atoms with van der Waals surface area (Å²) >= 11 is 5.99. The number of nitrogens with zero attached hydrogens (tertiary/aromatic N) is 1. The van der Waals surface area contributed by atoms with Crippen LogP contribution in [0.4, 0.5) is 5.69 Å². The Morgan fingerprint density at radius 2 is 1.95 bits per heavy atom. The van der Waals surface area contributed by atoms with Crippen LogP contribution in [0, 0.1) is 0 Å². The van der Waals surface area contributed by atoms with Gasteiger partial charge in [-0.3, -0.25) is 9.52 Å². The molecule has 19 heavy (non-hydrogen) atoms. The third kappa shape index (κ3) is 3.61. The molecular formula is C12H15ClN2O3S. The minimum Gasteiger partial charge on any atom is -0.339 e. The maximum absolute atomic E-state index is 12.1. The number of likely N-dealkylation sites (tertiary alicyclic amines) is 1. The number of carbonyl (C=O) groups is 1. The molecule has 1 N–H and O–H groups in total. The highest BCUT2D eigenvalue weighted by Gasteiger charge is 2.20. The van der Waals surface area contributed by atoms with Crippen molar-refractivity contribution in [3.8, 4) is 0 Å². The number of hydrogen-bond donors (Lipinski definition) is 1. The predicted octanol–water partition coefficient (Wildman–Crippen LogP) is 1.95. The molecule has 5 nitrogen and oxygen atoms in total. The fraction of sp³-hybridized carbons (Fsp3) is 0.417. The minimum absolute atomic E-state index is 0.0645. The zero-order chi connectivity index (χ0) is 14.0. The Morgan fingerprint density at radius 1 is 1.32 bits per heavy atom. The van der Waals surface area contributed by atoms with E-state index in [-0.39, 0.29) is 16.6 Å². The third-order valence-corrected chi connectivity index (χ3v) is 3.81. The highest BCUT2D eigenvalue weighted by atomic mass is 35.5. The zero-order valence-corrected chi connectivity index (χ0v) is 12.1. The lowest BCUT2D eigenvalue weighted by molar-refractivity contribution is 0.0793. The zero-order valence-electron chi connectivity index (χ0n) is 10.5. The van der Waals surface area contributed by atoms with E-state index in [9.17, 15) is 13.2 Å². The van der Waals surface area contributed by atoms with Crippen LogP contribution < -0.4 is 4.72 Å². The number of halogens is 1. The van der Waals surface area contributed by atoms with Gasteiger partial charge in [-0.2, -0.15) is 0 Å². The smallest absolute Gasteiger partial charge is 0.253 e. The first kappa shape index (κ1) is 14.1. The van der Waals surface area contributed by atoms with Gasteiger partial charge in [-0.05, 0) is 31.0 Å². The van der Waals surface area contributed by atoms with Crippen LogP contribution in [-0.4, -0.2) is 38.6 Å². The van der Waals surface area contributed by atoms with Crippen LogP contribution in [0.25, 0.3) is 0 Å². The van der Waals surface area contributed by atoms with Gasteiger partial charge in [0.05, 0.1) is 17.0 Å². The lowest BCUT2D eigenvalue weighted by Crippen LogP contribution is -2.27. The van der Waals surface area contributed by atoms with Crippen LogP contribution in [-0.2, 0) is 10.0 Å². The molecule has 2 rings (SSSR count). The highest BCUT2D eigenvalue weighted by molar-refractivity contribution is 7.92. The van der Waals surface area contributed by atoms with E-state index in [0.29, 0.717) is 5.56 Å². The SMILES string of the molecule is CS(=O)(=O)Nc1ccc(C(=O)N2CCCC2)cc1Cl. The van der Waals surface area contributed by atoms with E-state index in [4.69, 9.17) is 11.6 Å². The van der Waals surface area contributed by atoms with E-state index in [1.165, 1.54) is 12.1 Å². The number of nitrogens with one attached hydrogen (secondary N) is 1. The number of rotatable bonds is 3. The molecular weight excluding hydrogens is 288 g/mol. The van der Waals surface area contributed by atoms with Gasteiger partial charge < -0.3 is 4.90 Å². The number of carbonyl (C=O) groups excluding carboxylic acids is 1. The Hall–Kier alpha value is -1.27. The van der Waals surface area contributed by atoms with Crippen LogP contribution in [0.2, 0.25) is 5.02 Å². The largest absolute Gasteiger partial charge is 0.339 e. The van der Waals surface area contributed by atoms with E-state index in [0.717, 1.165) is 32.2 Å². The molecule has 1 aliphatic heterocycles. The van der Waals surface area contributed by atoms with Crippen LogP contribution in [0.15, 0.2) is 18.2 Å². The first-order valence-corrected chi connectivity index (χ1v) is 8.20. The summed E-state index contributed by atoms with van der Waals surface area (Å²) in [5.74, 6) is -0.0645. The summed E-state index contributed by atoms with van der Waals surface area (Å²) < 4.78 is 24.6. The predicted molar refractivity (Wildman–Crippen MR) is 75.1 cm³/mol. The van der Waals surface area contributed by atoms with Gasteiger partial charge in [-0.15, -0.1) is 0 Å². The van der Waals surface area contributed by atoms with Crippen LogP contribution >= 0.6 is 11.6 Å². The lowest BCUT2D eigenvalue weighted by Gasteiger charge is -2.16. The second-order valence-corrected chi connectivity index (χ2v) is 6.72. The molecule has 1 aromatic carbocycles. The van der Waals surface area contributed by atoms with E-state index in [2.05, 4.69) is 4.72 Å². The molecule has 1 fully saturated rings. The highest BCUT2D eigenvalue weighted by Crippen LogP contribution is 2.25. The van der Waals surface area contributed by atoms with E-state index in [1.54, 1.807) is 11.0 Å². The third-order valence-electron chi connectivity index (χ3n) is 2.90. The first-order chi connectivity index (χ1) is 8.87. The van der Waals surface area contributed by atoms with Crippen LogP contribution in [0.3, 0.4) is 0 Å². The van der Waals surface area contributed by atoms with Crippen molar-refractivity contribution in [2.24, 2.45) is 0 Å². The quantitative estimate of drug-likeness (QED) is 0.928. The molecule has 0 aromatic heterocycles. The molecule has 0 radical (unpaired) electrons. The lowest BCUT2D eigenvalue weighted by atomic mass is 10.2. The van der Waals surface area contributed by atoms with Crippen molar-refractivity contribution in [1.82, 2.24) is 4.90 Å². The monoisotopic (exact) mass is 302 g/mol. The second kappa shape index (κ2) is 5.38. The van der Waals surface area contributed by atoms with Gasteiger partial charge in [0, 0.05) is 18.7 Å². The van der Waals surface area contributed by atoms with Crippen molar-refractivity contribution in [2.75, 3.05) is 24.1 Å². The summed E-state index contributed by atoms with van der Waals surface area (Å²) in [4.78, 5) is 13.9. The molecule has 1 aliphatic rings. The molecule has 1 heterocycles. The van der Waals surface area contributed by atoms with Gasteiger partial charge in [-0.1, -0.05) is 11.6 Å². The van der Waals surface area contributed by atoms with Crippen molar-refractivity contribution < 1.29 is 13.2 Å². The molecule has 0 atom stereocenters. The summed E-state index contributed by atoms with van der Waals surface area (Å²) in [5.41, 5.74) is 0.757. The van der Waals surface area contributed by atoms with Gasteiger partial charge in [0.25, 0.3) is 5.91 Å². The number of sulfonamides is 1. The van der Waals surface area contributed by atoms with Crippen LogP contribution in [0.1, 0.15) is 23.2 Å². The van der Waals surface area contributed by atoms with Gasteiger partial charge in [-0.25, -0.2) is 8.42 Å². The number of amides is 1. The molecule has 104 valence electrons. The Kier molecular flexibility index (Phi) is 4.01. The van der Waals surface area contributed by atoms with Crippen molar-refractivity contribution in [1.29, 1.82) is 0 Å². The molecule has 0 spiro atoms. The van der Waals surface area contributed by atoms with Crippen molar-refractivity contribution >= 4 is 33.2 Å². The number of hydrogen-bond acceptors (Lipinski definition) is 3. The molecule has 7 heteroatoms. The fourth-order valence-corrected chi connectivity index (χ4v) is 2.89. The average molecular weight is 303 g/mol. The Labute approximate surface area is 117 Å². The summed E-state index contributed by atoms with van der Waals surface area (Å²) in [6.45, 7) is 1.53. The Bertz CT molecular complexity index is 595. The molecule has 1 amide bonds. The summed E-state index contributed by atoms with van der Waals surface area (Å²) in [6, 6.07) is 4.59. The van der Waals surface area contributed by atoms with E-state index in [1.807, 2.05) is 0 Å². The first-order valence-electron chi connectivity index (χ1n) is 5.93. The average Bonchev–Trinajstić information content (AvgIpc) is 2.82. The van der Waals surface area contributed by atoms with E-state index >= 15 is 0 Å². The summed E-state index contributed by atoms with van der Waals surface area (Å²) in [5, 5.41) is 0.218. The van der Waals surface area contributed by atoms with Gasteiger partial charge in [0.2, 0.25) is 10.0 Å². The molecule has 0 bridgehead atoms. The van der Waals surface area contributed by atoms with Crippen molar-refractivity contribution in [2.45, 2.75) is 12.8 Å². The maximum Gasteiger partial charge on any atom is 0.253 e. The normalized spacial score (nSPS) is 15.6. The maximum atomic E-state index is 12.1. The van der Waals surface area contributed by atoms with Crippen LogP contribution in [0.5, 0.6) is 0 Å². The fourth-order valence-electron chi connectivity index (χ4n) is 2.03. The number of benzene rings is 1. The molecule has 1 saturated heterocycles.